The molecule has 0 rings (SSSR count). The molecule has 0 saturated carbocycles. The van der Waals surface area contributed by atoms with E-state index in [2.05, 4.69) is 11.2 Å². The van der Waals surface area contributed by atoms with Crippen molar-refractivity contribution in [3.8, 4) is 0 Å². The van der Waals surface area contributed by atoms with E-state index in [0.29, 0.717) is 6.42 Å². The lowest BCUT2D eigenvalue weighted by Crippen LogP contribution is -2.45. The van der Waals surface area contributed by atoms with Gasteiger partial charge < -0.3 is 40.0 Å². The number of hydrogen-bond donors (Lipinski definition) is 8. The van der Waals surface area contributed by atoms with Crippen LogP contribution in [0.4, 0.5) is 0 Å². The van der Waals surface area contributed by atoms with E-state index in [9.17, 15) is 29.6 Å². The van der Waals surface area contributed by atoms with E-state index >= 15 is 0 Å². The average Bonchev–Trinajstić information content (AvgIpc) is 2.78. The van der Waals surface area contributed by atoms with Crippen LogP contribution in [0.15, 0.2) is 0 Å². The number of rotatable bonds is 23. The molecule has 0 bridgehead atoms. The van der Waals surface area contributed by atoms with Gasteiger partial charge in [-0.15, -0.1) is 0 Å². The molecule has 0 aliphatic heterocycles. The highest BCUT2D eigenvalue weighted by atomic mass is 31.3. The minimum absolute atomic E-state index is 0.389. The maximum absolute atomic E-state index is 10.1. The summed E-state index contributed by atoms with van der Waals surface area (Å²) in [5.74, 6) is 0. The number of aliphatic hydroxyl groups excluding tert-OH is 4. The molecule has 0 aliphatic rings. The van der Waals surface area contributed by atoms with E-state index in [1.807, 2.05) is 0 Å². The summed E-state index contributed by atoms with van der Waals surface area (Å²) in [6.07, 6.45) is 20.6. The molecule has 0 fully saturated rings. The van der Waals surface area contributed by atoms with E-state index in [1.165, 1.54) is 89.9 Å². The Kier molecular flexibility index (Phi) is 24.5. The van der Waals surface area contributed by atoms with E-state index < -0.39 is 27.2 Å². The summed E-state index contributed by atoms with van der Waals surface area (Å²) in [6, 6.07) is 0. The molecular formula is C23H52O11P2. The Labute approximate surface area is 216 Å². The van der Waals surface area contributed by atoms with Crippen LogP contribution >= 0.6 is 15.6 Å². The van der Waals surface area contributed by atoms with Crippen LogP contribution in [0.1, 0.15) is 116 Å². The van der Waals surface area contributed by atoms with Gasteiger partial charge in [-0.1, -0.05) is 110 Å². The molecule has 0 heterocycles. The minimum atomic E-state index is -5.05. The molecule has 1 atom stereocenters. The molecule has 8 N–H and O–H groups in total. The van der Waals surface area contributed by atoms with Gasteiger partial charge in [0.2, 0.25) is 0 Å². The number of phosphoric acid groups is 2. The second-order valence-electron chi connectivity index (χ2n) is 9.51. The molecule has 0 amide bonds. The Morgan fingerprint density at radius 2 is 0.861 bits per heavy atom. The van der Waals surface area contributed by atoms with Gasteiger partial charge in [0.05, 0.1) is 31.3 Å². The van der Waals surface area contributed by atoms with Crippen LogP contribution in [-0.2, 0) is 13.4 Å². The monoisotopic (exact) mass is 566 g/mol. The Morgan fingerprint density at radius 1 is 0.583 bits per heavy atom. The quantitative estimate of drug-likeness (QED) is 0.0651. The summed E-state index contributed by atoms with van der Waals surface area (Å²) < 4.78 is 22.2. The smallest absolute Gasteiger partial charge is 0.396 e. The van der Waals surface area contributed by atoms with Crippen molar-refractivity contribution in [2.75, 3.05) is 19.8 Å². The van der Waals surface area contributed by atoms with Gasteiger partial charge >= 0.3 is 15.6 Å². The molecule has 0 radical (unpaired) electrons. The third kappa shape index (κ3) is 24.4. The second-order valence-corrected chi connectivity index (χ2v) is 12.1. The first-order chi connectivity index (χ1) is 16.9. The number of unbranched alkanes of at least 4 members (excludes halogenated alkanes) is 15. The zero-order valence-electron chi connectivity index (χ0n) is 21.9. The van der Waals surface area contributed by atoms with Crippen molar-refractivity contribution in [1.29, 1.82) is 0 Å². The summed E-state index contributed by atoms with van der Waals surface area (Å²) in [5, 5.41) is 38.0. The Balaban J connectivity index is 0. The summed E-state index contributed by atoms with van der Waals surface area (Å²) >= 11 is 0. The lowest BCUT2D eigenvalue weighted by atomic mass is 9.82. The van der Waals surface area contributed by atoms with E-state index in [4.69, 9.17) is 19.6 Å². The summed E-state index contributed by atoms with van der Waals surface area (Å²) in [4.78, 5) is 31.0. The van der Waals surface area contributed by atoms with Crippen molar-refractivity contribution >= 4 is 15.6 Å². The van der Waals surface area contributed by atoms with Gasteiger partial charge in [-0.2, -0.15) is 4.31 Å². The third-order valence-corrected chi connectivity index (χ3v) is 7.90. The molecule has 13 heteroatoms. The van der Waals surface area contributed by atoms with Crippen molar-refractivity contribution in [2.45, 2.75) is 122 Å². The molecule has 0 aromatic heterocycles. The molecule has 0 aromatic rings. The van der Waals surface area contributed by atoms with Crippen molar-refractivity contribution < 1.29 is 53.4 Å². The molecule has 220 valence electrons. The van der Waals surface area contributed by atoms with E-state index in [-0.39, 0.29) is 19.8 Å². The van der Waals surface area contributed by atoms with Gasteiger partial charge in [0.15, 0.2) is 0 Å². The van der Waals surface area contributed by atoms with Crippen molar-refractivity contribution in [2.24, 2.45) is 5.41 Å². The van der Waals surface area contributed by atoms with Crippen molar-refractivity contribution in [3.05, 3.63) is 0 Å². The molecule has 36 heavy (non-hydrogen) atoms. The fraction of sp³-hybridized carbons (Fsp3) is 1.00. The molecule has 0 saturated heterocycles. The van der Waals surface area contributed by atoms with Gasteiger partial charge in [-0.3, -0.25) is 0 Å². The maximum atomic E-state index is 10.1. The Morgan fingerprint density at radius 3 is 1.08 bits per heavy atom. The van der Waals surface area contributed by atoms with Crippen LogP contribution in [-0.4, -0.2) is 65.9 Å². The van der Waals surface area contributed by atoms with Gasteiger partial charge in [0.1, 0.15) is 0 Å². The molecule has 11 nitrogen and oxygen atoms in total. The van der Waals surface area contributed by atoms with Crippen molar-refractivity contribution in [1.82, 2.24) is 0 Å². The minimum Gasteiger partial charge on any atom is -0.396 e. The lowest BCUT2D eigenvalue weighted by Gasteiger charge is -2.32. The molecular weight excluding hydrogens is 514 g/mol. The zero-order valence-corrected chi connectivity index (χ0v) is 23.7. The Bertz CT molecular complexity index is 548. The van der Waals surface area contributed by atoms with Crippen LogP contribution in [0.25, 0.3) is 0 Å². The number of hydrogen-bond acceptors (Lipinski definition) is 7. The van der Waals surface area contributed by atoms with Gasteiger partial charge in [0, 0.05) is 0 Å². The Hall–Kier alpha value is 0.100. The molecule has 0 aromatic carbocycles. The van der Waals surface area contributed by atoms with Gasteiger partial charge in [0.25, 0.3) is 0 Å². The van der Waals surface area contributed by atoms with Crippen molar-refractivity contribution in [3.63, 3.8) is 0 Å². The van der Waals surface area contributed by atoms with Gasteiger partial charge in [-0.05, 0) is 6.42 Å². The first-order valence-electron chi connectivity index (χ1n) is 13.2. The van der Waals surface area contributed by atoms with E-state index in [1.54, 1.807) is 0 Å². The zero-order chi connectivity index (χ0) is 27.9. The highest BCUT2D eigenvalue weighted by Crippen LogP contribution is 2.53. The highest BCUT2D eigenvalue weighted by molar-refractivity contribution is 7.60. The first kappa shape index (κ1) is 38.2. The summed E-state index contributed by atoms with van der Waals surface area (Å²) in [7, 11) is -10.1. The molecule has 0 aliphatic carbocycles. The maximum Gasteiger partial charge on any atom is 0.478 e. The molecule has 1 unspecified atom stereocenters. The highest BCUT2D eigenvalue weighted by Gasteiger charge is 2.36. The van der Waals surface area contributed by atoms with Crippen LogP contribution < -0.4 is 0 Å². The third-order valence-electron chi connectivity index (χ3n) is 6.20. The largest absolute Gasteiger partial charge is 0.478 e. The topological polar surface area (TPSA) is 205 Å². The standard InChI is InChI=1S/C23H48O4.H4O7P2/c1-2-3-4-5-6-7-8-9-10-11-12-13-14-15-16-17-18-22(27)23(19-24,20-25)21-26;1-8(2,3)7-9(4,5)6/h22,24-27H,2-21H2,1H3;(H2,1,2,3)(H2,4,5,6). The number of aliphatic hydroxyl groups is 4. The fourth-order valence-electron chi connectivity index (χ4n) is 3.80. The van der Waals surface area contributed by atoms with Crippen LogP contribution in [0.3, 0.4) is 0 Å². The lowest BCUT2D eigenvalue weighted by molar-refractivity contribution is -0.0863. The van der Waals surface area contributed by atoms with Crippen LogP contribution in [0.2, 0.25) is 0 Å². The van der Waals surface area contributed by atoms with Crippen LogP contribution in [0, 0.1) is 5.41 Å². The predicted molar refractivity (Wildman–Crippen MR) is 139 cm³/mol. The van der Waals surface area contributed by atoms with Gasteiger partial charge in [-0.25, -0.2) is 9.13 Å². The predicted octanol–water partition coefficient (Wildman–Crippen LogP) is 4.15. The summed E-state index contributed by atoms with van der Waals surface area (Å²) in [6.45, 7) is 1.10. The van der Waals surface area contributed by atoms with Crippen LogP contribution in [0.5, 0.6) is 0 Å². The average molecular weight is 567 g/mol. The first-order valence-corrected chi connectivity index (χ1v) is 16.3. The fourth-order valence-corrected chi connectivity index (χ4v) is 4.91. The normalized spacial score (nSPS) is 13.4. The second kappa shape index (κ2) is 23.0. The summed E-state index contributed by atoms with van der Waals surface area (Å²) in [5.41, 5.74) is -1.16. The molecule has 0 spiro atoms. The SMILES string of the molecule is CCCCCCCCCCCCCCCCCCC(O)C(CO)(CO)CO.O=P(O)(O)OP(=O)(O)O. The van der Waals surface area contributed by atoms with E-state index in [0.717, 1.165) is 12.8 Å².